The Balaban J connectivity index is 2.26. The van der Waals surface area contributed by atoms with Crippen LogP contribution in [0.2, 0.25) is 0 Å². The van der Waals surface area contributed by atoms with E-state index in [0.29, 0.717) is 21.0 Å². The molecule has 2 heterocycles. The molecule has 8 nitrogen and oxygen atoms in total. The molecule has 0 amide bonds. The van der Waals surface area contributed by atoms with Crippen molar-refractivity contribution in [1.82, 2.24) is 28.9 Å². The number of aryl methyl sites for hydroxylation is 1. The number of benzene rings is 1. The summed E-state index contributed by atoms with van der Waals surface area (Å²) in [7, 11) is 1.57. The molecule has 0 bridgehead atoms. The van der Waals surface area contributed by atoms with Crippen LogP contribution in [-0.2, 0) is 20.1 Å². The largest absolute Gasteiger partial charge is 0.354 e. The molecule has 0 aliphatic rings. The predicted octanol–water partition coefficient (Wildman–Crippen LogP) is 1.16. The van der Waals surface area contributed by atoms with Crippen LogP contribution in [0.5, 0.6) is 0 Å². The quantitative estimate of drug-likeness (QED) is 0.444. The van der Waals surface area contributed by atoms with Gasteiger partial charge >= 0.3 is 11.4 Å². The third kappa shape index (κ3) is 4.01. The van der Waals surface area contributed by atoms with Gasteiger partial charge in [-0.1, -0.05) is 18.7 Å². The topological polar surface area (TPSA) is 87.6 Å². The molecular weight excluding hydrogens is 397 g/mol. The first-order valence-corrected chi connectivity index (χ1v) is 8.91. The second-order valence-corrected chi connectivity index (χ2v) is 6.74. The summed E-state index contributed by atoms with van der Waals surface area (Å²) in [5.74, 6) is -4.02. The van der Waals surface area contributed by atoms with Gasteiger partial charge in [0.05, 0.1) is 15.8 Å². The number of hydrogen-bond donors (Lipinski definition) is 0. The summed E-state index contributed by atoms with van der Waals surface area (Å²) in [5, 5.41) is 3.61. The lowest BCUT2D eigenvalue weighted by molar-refractivity contribution is 0.476. The molecule has 12 heteroatoms. The van der Waals surface area contributed by atoms with Gasteiger partial charge in [-0.25, -0.2) is 32.3 Å². The monoisotopic (exact) mass is 414 g/mol. The highest BCUT2D eigenvalue weighted by molar-refractivity contribution is 7.99. The zero-order valence-corrected chi connectivity index (χ0v) is 15.5. The first-order valence-electron chi connectivity index (χ1n) is 8.93. The van der Waals surface area contributed by atoms with Crippen LogP contribution in [0.3, 0.4) is 0 Å². The van der Waals surface area contributed by atoms with Gasteiger partial charge < -0.3 is 0 Å². The van der Waals surface area contributed by atoms with Gasteiger partial charge in [-0.15, -0.1) is 0 Å². The highest BCUT2D eigenvalue weighted by atomic mass is 32.2. The van der Waals surface area contributed by atoms with Crippen molar-refractivity contribution in [1.29, 1.82) is 0 Å². The molecule has 3 rings (SSSR count). The van der Waals surface area contributed by atoms with Crippen LogP contribution < -0.4 is 11.4 Å². The Bertz CT molecular complexity index is 1230. The van der Waals surface area contributed by atoms with Gasteiger partial charge in [-0.2, -0.15) is 10.1 Å². The van der Waals surface area contributed by atoms with Gasteiger partial charge in [0.25, 0.3) is 0 Å². The van der Waals surface area contributed by atoms with Gasteiger partial charge in [0.15, 0.2) is 22.6 Å². The van der Waals surface area contributed by atoms with Crippen LogP contribution in [0.4, 0.5) is 13.2 Å². The summed E-state index contributed by atoms with van der Waals surface area (Å²) in [4.78, 5) is 33.1. The Kier molecular flexibility index (Phi) is 4.92. The highest BCUT2D eigenvalue weighted by Gasteiger charge is 2.18. The molecule has 1 aromatic carbocycles. The molecule has 0 fully saturated rings. The Morgan fingerprint density at radius 3 is 2.50 bits per heavy atom. The highest BCUT2D eigenvalue weighted by Crippen LogP contribution is 2.17. The van der Waals surface area contributed by atoms with E-state index in [2.05, 4.69) is 15.1 Å². The van der Waals surface area contributed by atoms with Crippen LogP contribution in [0, 0.1) is 17.5 Å². The minimum absolute atomic E-state index is 0.0838. The summed E-state index contributed by atoms with van der Waals surface area (Å²) in [5.41, 5.74) is -3.09. The molecule has 28 heavy (non-hydrogen) atoms. The van der Waals surface area contributed by atoms with Crippen LogP contribution in [0.25, 0.3) is 0 Å². The van der Waals surface area contributed by atoms with Crippen molar-refractivity contribution < 1.29 is 15.9 Å². The number of halogens is 3. The van der Waals surface area contributed by atoms with Crippen LogP contribution in [-0.4, -0.2) is 34.6 Å². The van der Waals surface area contributed by atoms with Crippen molar-refractivity contribution in [2.75, 3.05) is 5.75 Å². The second kappa shape index (κ2) is 8.00. The first-order chi connectivity index (χ1) is 14.1. The average Bonchev–Trinajstić information content (AvgIpc) is 3.06. The molecule has 0 spiro atoms. The lowest BCUT2D eigenvalue weighted by Gasteiger charge is -2.13. The van der Waals surface area contributed by atoms with Gasteiger partial charge in [0, 0.05) is 18.7 Å². The van der Waals surface area contributed by atoms with Crippen molar-refractivity contribution in [3.8, 4) is 0 Å². The Labute approximate surface area is 163 Å². The first kappa shape index (κ1) is 17.2. The lowest BCUT2D eigenvalue weighted by atomic mass is 10.2. The number of thioether (sulfide) groups is 1. The average molecular weight is 414 g/mol. The molecule has 0 atom stereocenters. The summed E-state index contributed by atoms with van der Waals surface area (Å²) in [6.45, 7) is -1.75. The molecule has 0 radical (unpaired) electrons. The van der Waals surface area contributed by atoms with E-state index in [1.807, 2.05) is 0 Å². The number of aromatic nitrogens is 6. The van der Waals surface area contributed by atoms with E-state index in [0.717, 1.165) is 11.8 Å². The summed E-state index contributed by atoms with van der Waals surface area (Å²) >= 11 is 0.857. The third-order valence-corrected chi connectivity index (χ3v) is 4.32. The van der Waals surface area contributed by atoms with Crippen molar-refractivity contribution >= 4 is 11.8 Å². The number of hydrogen-bond acceptors (Lipinski definition) is 6. The maximum absolute atomic E-state index is 14.3. The maximum Gasteiger partial charge on any atom is 0.354 e. The molecule has 0 unspecified atom stereocenters. The van der Waals surface area contributed by atoms with Gasteiger partial charge in [0.2, 0.25) is 0 Å². The zero-order valence-electron chi connectivity index (χ0n) is 16.7. The number of rotatable bonds is 6. The van der Waals surface area contributed by atoms with Crippen molar-refractivity contribution in [3.05, 3.63) is 68.3 Å². The smallest absolute Gasteiger partial charge is 0.268 e. The minimum Gasteiger partial charge on any atom is -0.268 e. The fourth-order valence-corrected chi connectivity index (χ4v) is 2.91. The molecule has 0 N–H and O–H groups in total. The van der Waals surface area contributed by atoms with Crippen LogP contribution in [0.15, 0.2) is 33.2 Å². The number of nitrogens with zero attached hydrogens (tertiary/aromatic N) is 6. The molecule has 0 saturated carbocycles. The van der Waals surface area contributed by atoms with Crippen molar-refractivity contribution in [2.45, 2.75) is 25.1 Å². The van der Waals surface area contributed by atoms with E-state index >= 15 is 0 Å². The van der Waals surface area contributed by atoms with E-state index in [4.69, 9.17) is 2.74 Å². The molecule has 2 aromatic heterocycles. The van der Waals surface area contributed by atoms with Crippen molar-refractivity contribution in [2.24, 2.45) is 7.05 Å². The minimum atomic E-state index is -2.99. The Morgan fingerprint density at radius 1 is 1.14 bits per heavy atom. The molecule has 0 aliphatic heterocycles. The van der Waals surface area contributed by atoms with Gasteiger partial charge in [-0.05, 0) is 11.8 Å². The molecule has 148 valence electrons. The van der Waals surface area contributed by atoms with E-state index in [9.17, 15) is 22.8 Å². The van der Waals surface area contributed by atoms with Crippen LogP contribution >= 0.6 is 11.8 Å². The van der Waals surface area contributed by atoms with E-state index in [1.165, 1.54) is 11.0 Å². The van der Waals surface area contributed by atoms with Crippen molar-refractivity contribution in [3.63, 3.8) is 0 Å². The van der Waals surface area contributed by atoms with E-state index in [1.54, 1.807) is 14.0 Å². The maximum atomic E-state index is 14.3. The summed E-state index contributed by atoms with van der Waals surface area (Å²) in [6.07, 6.45) is 1.34. The normalized spacial score (nSPS) is 12.8. The van der Waals surface area contributed by atoms with E-state index in [-0.39, 0.29) is 17.0 Å². The zero-order chi connectivity index (χ0) is 22.2. The second-order valence-electron chi connectivity index (χ2n) is 5.51. The molecular formula is C16H15F3N6O2S. The molecule has 0 saturated heterocycles. The molecule has 0 aliphatic carbocycles. The Hall–Kier alpha value is -2.89. The SMILES string of the molecule is [2H]C([2H])(c1cc(F)c(F)cc1F)n1c(SCC)nc(=O)n(Cc2ncn(C)n2)c1=O. The van der Waals surface area contributed by atoms with Crippen LogP contribution in [0.1, 0.15) is 21.1 Å². The summed E-state index contributed by atoms with van der Waals surface area (Å²) in [6, 6.07) is 0.509. The standard InChI is InChI=1S/C16H15F3N6O2S/c1-3-28-15-21-14(26)24(7-13-20-8-23(2)22-13)16(27)25(15)6-9-4-11(18)12(19)5-10(9)17/h4-5,8H,3,6-7H2,1-2H3/i6D2. The molecule has 3 aromatic rings. The predicted molar refractivity (Wildman–Crippen MR) is 94.7 cm³/mol. The lowest BCUT2D eigenvalue weighted by Crippen LogP contribution is -2.43. The summed E-state index contributed by atoms with van der Waals surface area (Å²) < 4.78 is 60.3. The fraction of sp³-hybridized carbons (Fsp3) is 0.312. The van der Waals surface area contributed by atoms with Gasteiger partial charge in [-0.3, -0.25) is 9.25 Å². The third-order valence-electron chi connectivity index (χ3n) is 3.50. The fourth-order valence-electron chi connectivity index (χ4n) is 2.26. The van der Waals surface area contributed by atoms with Gasteiger partial charge in [0.1, 0.15) is 12.1 Å². The Morgan fingerprint density at radius 2 is 1.86 bits per heavy atom. The van der Waals surface area contributed by atoms with E-state index < -0.39 is 47.4 Å².